The first-order valence-corrected chi connectivity index (χ1v) is 5.78. The Morgan fingerprint density at radius 2 is 2.12 bits per heavy atom. The van der Waals surface area contributed by atoms with Gasteiger partial charge in [0.2, 0.25) is 0 Å². The molecule has 0 atom stereocenters. The Bertz CT molecular complexity index is 346. The fraction of sp³-hybridized carbons (Fsp3) is 0.545. The summed E-state index contributed by atoms with van der Waals surface area (Å²) in [5.74, 6) is 0.830. The second-order valence-corrected chi connectivity index (χ2v) is 4.42. The third-order valence-electron chi connectivity index (χ3n) is 2.90. The lowest BCUT2D eigenvalue weighted by Gasteiger charge is -2.32. The Morgan fingerprint density at radius 1 is 1.44 bits per heavy atom. The summed E-state index contributed by atoms with van der Waals surface area (Å²) in [7, 11) is 2.02. The zero-order chi connectivity index (χ0) is 11.5. The second-order valence-electron chi connectivity index (χ2n) is 4.04. The SMILES string of the molecule is CN(c1cc(N)cc(Cl)n1)C1CCOCC1. The average Bonchev–Trinajstić information content (AvgIpc) is 2.28. The summed E-state index contributed by atoms with van der Waals surface area (Å²) >= 11 is 5.89. The molecule has 0 saturated carbocycles. The molecule has 0 unspecified atom stereocenters. The zero-order valence-corrected chi connectivity index (χ0v) is 10.1. The second kappa shape index (κ2) is 4.89. The Balaban J connectivity index is 2.15. The van der Waals surface area contributed by atoms with Crippen molar-refractivity contribution in [3.05, 3.63) is 17.3 Å². The van der Waals surface area contributed by atoms with Gasteiger partial charge in [-0.25, -0.2) is 4.98 Å². The Morgan fingerprint density at radius 3 is 2.75 bits per heavy atom. The number of anilines is 2. The minimum Gasteiger partial charge on any atom is -0.399 e. The van der Waals surface area contributed by atoms with Crippen molar-refractivity contribution >= 4 is 23.1 Å². The monoisotopic (exact) mass is 241 g/mol. The molecule has 1 aromatic rings. The molecule has 0 radical (unpaired) electrons. The van der Waals surface area contributed by atoms with Crippen LogP contribution in [0.15, 0.2) is 12.1 Å². The molecule has 16 heavy (non-hydrogen) atoms. The molecule has 0 aromatic carbocycles. The van der Waals surface area contributed by atoms with Crippen LogP contribution >= 0.6 is 11.6 Å². The van der Waals surface area contributed by atoms with Crippen molar-refractivity contribution in [2.45, 2.75) is 18.9 Å². The normalized spacial score (nSPS) is 17.4. The Labute approximate surface area is 100 Å². The predicted octanol–water partition coefficient (Wildman–Crippen LogP) is 1.93. The largest absolute Gasteiger partial charge is 0.399 e. The maximum absolute atomic E-state index is 5.89. The highest BCUT2D eigenvalue weighted by Gasteiger charge is 2.19. The average molecular weight is 242 g/mol. The van der Waals surface area contributed by atoms with E-state index in [1.807, 2.05) is 13.1 Å². The van der Waals surface area contributed by atoms with Gasteiger partial charge in [-0.15, -0.1) is 0 Å². The van der Waals surface area contributed by atoms with E-state index < -0.39 is 0 Å². The molecule has 0 amide bonds. The van der Waals surface area contributed by atoms with Crippen LogP contribution in [0.1, 0.15) is 12.8 Å². The molecule has 2 heterocycles. The molecule has 1 fully saturated rings. The van der Waals surface area contributed by atoms with Crippen molar-refractivity contribution in [2.24, 2.45) is 0 Å². The fourth-order valence-corrected chi connectivity index (χ4v) is 2.16. The first-order valence-electron chi connectivity index (χ1n) is 5.40. The molecule has 4 nitrogen and oxygen atoms in total. The number of hydrogen-bond donors (Lipinski definition) is 1. The van der Waals surface area contributed by atoms with Crippen LogP contribution < -0.4 is 10.6 Å². The maximum Gasteiger partial charge on any atom is 0.133 e. The summed E-state index contributed by atoms with van der Waals surface area (Å²) in [5.41, 5.74) is 6.40. The smallest absolute Gasteiger partial charge is 0.133 e. The van der Waals surface area contributed by atoms with E-state index in [4.69, 9.17) is 22.1 Å². The highest BCUT2D eigenvalue weighted by Crippen LogP contribution is 2.23. The summed E-state index contributed by atoms with van der Waals surface area (Å²) in [6.45, 7) is 1.62. The van der Waals surface area contributed by atoms with Gasteiger partial charge in [-0.2, -0.15) is 0 Å². The van der Waals surface area contributed by atoms with E-state index in [0.29, 0.717) is 16.9 Å². The molecule has 2 rings (SSSR count). The van der Waals surface area contributed by atoms with Crippen LogP contribution in [-0.2, 0) is 4.74 Å². The first kappa shape index (κ1) is 11.5. The highest BCUT2D eigenvalue weighted by atomic mass is 35.5. The van der Waals surface area contributed by atoms with Crippen molar-refractivity contribution in [2.75, 3.05) is 30.9 Å². The highest BCUT2D eigenvalue weighted by molar-refractivity contribution is 6.29. The minimum atomic E-state index is 0.439. The van der Waals surface area contributed by atoms with Crippen LogP contribution in [0.25, 0.3) is 0 Å². The van der Waals surface area contributed by atoms with E-state index >= 15 is 0 Å². The summed E-state index contributed by atoms with van der Waals surface area (Å²) in [6, 6.07) is 3.96. The summed E-state index contributed by atoms with van der Waals surface area (Å²) in [6.07, 6.45) is 2.04. The van der Waals surface area contributed by atoms with Crippen molar-refractivity contribution in [1.82, 2.24) is 4.98 Å². The summed E-state index contributed by atoms with van der Waals surface area (Å²) < 4.78 is 5.34. The third-order valence-corrected chi connectivity index (χ3v) is 3.10. The van der Waals surface area contributed by atoms with Gasteiger partial charge in [-0.3, -0.25) is 0 Å². The lowest BCUT2D eigenvalue weighted by atomic mass is 10.1. The summed E-state index contributed by atoms with van der Waals surface area (Å²) in [4.78, 5) is 6.41. The van der Waals surface area contributed by atoms with Gasteiger partial charge in [0.1, 0.15) is 11.0 Å². The van der Waals surface area contributed by atoms with E-state index in [0.717, 1.165) is 31.9 Å². The number of nitrogens with zero attached hydrogens (tertiary/aromatic N) is 2. The quantitative estimate of drug-likeness (QED) is 0.804. The topological polar surface area (TPSA) is 51.4 Å². The molecular formula is C11H16ClN3O. The van der Waals surface area contributed by atoms with Crippen molar-refractivity contribution in [3.8, 4) is 0 Å². The van der Waals surface area contributed by atoms with Crippen LogP contribution in [0.2, 0.25) is 5.15 Å². The number of rotatable bonds is 2. The number of ether oxygens (including phenoxy) is 1. The van der Waals surface area contributed by atoms with Crippen LogP contribution in [-0.4, -0.2) is 31.3 Å². The van der Waals surface area contributed by atoms with Gasteiger partial charge < -0.3 is 15.4 Å². The minimum absolute atomic E-state index is 0.439. The van der Waals surface area contributed by atoms with E-state index in [1.54, 1.807) is 6.07 Å². The van der Waals surface area contributed by atoms with E-state index in [9.17, 15) is 0 Å². The van der Waals surface area contributed by atoms with Gasteiger partial charge in [0.05, 0.1) is 0 Å². The molecule has 0 spiro atoms. The zero-order valence-electron chi connectivity index (χ0n) is 9.32. The van der Waals surface area contributed by atoms with Gasteiger partial charge in [-0.05, 0) is 18.9 Å². The molecule has 1 aliphatic rings. The molecule has 1 aliphatic heterocycles. The van der Waals surface area contributed by atoms with Gasteiger partial charge in [0.25, 0.3) is 0 Å². The van der Waals surface area contributed by atoms with Crippen molar-refractivity contribution < 1.29 is 4.74 Å². The molecule has 1 aromatic heterocycles. The number of aromatic nitrogens is 1. The van der Waals surface area contributed by atoms with Crippen molar-refractivity contribution in [1.29, 1.82) is 0 Å². The van der Waals surface area contributed by atoms with Crippen LogP contribution in [0.4, 0.5) is 11.5 Å². The lowest BCUT2D eigenvalue weighted by Crippen LogP contribution is -2.37. The molecular weight excluding hydrogens is 226 g/mol. The number of nitrogen functional groups attached to an aromatic ring is 1. The fourth-order valence-electron chi connectivity index (χ4n) is 1.94. The van der Waals surface area contributed by atoms with Gasteiger partial charge in [0, 0.05) is 38.1 Å². The maximum atomic E-state index is 5.89. The van der Waals surface area contributed by atoms with Crippen molar-refractivity contribution in [3.63, 3.8) is 0 Å². The molecule has 1 saturated heterocycles. The first-order chi connectivity index (χ1) is 7.66. The molecule has 0 aliphatic carbocycles. The van der Waals surface area contributed by atoms with Gasteiger partial charge in [0.15, 0.2) is 0 Å². The lowest BCUT2D eigenvalue weighted by molar-refractivity contribution is 0.0853. The molecule has 5 heteroatoms. The number of pyridine rings is 1. The predicted molar refractivity (Wildman–Crippen MR) is 65.9 cm³/mol. The molecule has 2 N–H and O–H groups in total. The van der Waals surface area contributed by atoms with Gasteiger partial charge in [-0.1, -0.05) is 11.6 Å². The van der Waals surface area contributed by atoms with E-state index in [-0.39, 0.29) is 0 Å². The van der Waals surface area contributed by atoms with E-state index in [1.165, 1.54) is 0 Å². The van der Waals surface area contributed by atoms with E-state index in [2.05, 4.69) is 9.88 Å². The Hall–Kier alpha value is -1.00. The van der Waals surface area contributed by atoms with Crippen LogP contribution in [0.5, 0.6) is 0 Å². The molecule has 88 valence electrons. The third kappa shape index (κ3) is 2.57. The molecule has 0 bridgehead atoms. The number of halogens is 1. The standard InChI is InChI=1S/C11H16ClN3O/c1-15(9-2-4-16-5-3-9)11-7-8(13)6-10(12)14-11/h6-7,9H,2-5H2,1H3,(H2,13,14). The summed E-state index contributed by atoms with van der Waals surface area (Å²) in [5, 5.41) is 0.439. The van der Waals surface area contributed by atoms with Crippen LogP contribution in [0, 0.1) is 0 Å². The number of hydrogen-bond acceptors (Lipinski definition) is 4. The number of nitrogens with two attached hydrogens (primary N) is 1. The van der Waals surface area contributed by atoms with Crippen LogP contribution in [0.3, 0.4) is 0 Å². The Kier molecular flexibility index (Phi) is 3.51. The van der Waals surface area contributed by atoms with Gasteiger partial charge >= 0.3 is 0 Å².